The van der Waals surface area contributed by atoms with Crippen LogP contribution in [0, 0.1) is 6.92 Å². The fourth-order valence-corrected chi connectivity index (χ4v) is 3.51. The van der Waals surface area contributed by atoms with Crippen molar-refractivity contribution in [3.63, 3.8) is 0 Å². The first-order valence-electron chi connectivity index (χ1n) is 8.62. The minimum Gasteiger partial charge on any atom is -0.353 e. The molecule has 1 aliphatic heterocycles. The molecule has 0 N–H and O–H groups in total. The van der Waals surface area contributed by atoms with E-state index in [2.05, 4.69) is 48.7 Å². The number of piperazine rings is 1. The van der Waals surface area contributed by atoms with E-state index in [4.69, 9.17) is 0 Å². The number of anilines is 2. The first kappa shape index (κ1) is 15.7. The number of aryl methyl sites for hydroxylation is 2. The van der Waals surface area contributed by atoms with Gasteiger partial charge in [0.2, 0.25) is 0 Å². The summed E-state index contributed by atoms with van der Waals surface area (Å²) in [6.45, 7) is 7.83. The number of rotatable bonds is 3. The van der Waals surface area contributed by atoms with Crippen molar-refractivity contribution in [2.24, 2.45) is 7.05 Å². The van der Waals surface area contributed by atoms with Crippen LogP contribution in [0.3, 0.4) is 0 Å². The third-order valence-electron chi connectivity index (χ3n) is 4.88. The Labute approximate surface area is 146 Å². The molecule has 1 saturated heterocycles. The highest BCUT2D eigenvalue weighted by Crippen LogP contribution is 2.26. The van der Waals surface area contributed by atoms with Gasteiger partial charge < -0.3 is 9.80 Å². The number of fused-ring (bicyclic) bond motifs is 1. The van der Waals surface area contributed by atoms with Crippen LogP contribution in [0.5, 0.6) is 0 Å². The van der Waals surface area contributed by atoms with Gasteiger partial charge in [0.15, 0.2) is 5.65 Å². The molecule has 0 aliphatic carbocycles. The van der Waals surface area contributed by atoms with Crippen molar-refractivity contribution >= 4 is 22.7 Å². The highest BCUT2D eigenvalue weighted by molar-refractivity contribution is 5.86. The fourth-order valence-electron chi connectivity index (χ4n) is 3.51. The zero-order chi connectivity index (χ0) is 17.4. The van der Waals surface area contributed by atoms with E-state index >= 15 is 0 Å². The van der Waals surface area contributed by atoms with E-state index in [1.807, 2.05) is 13.2 Å². The zero-order valence-corrected chi connectivity index (χ0v) is 14.8. The Bertz CT molecular complexity index is 895. The lowest BCUT2D eigenvalue weighted by Crippen LogP contribution is -2.47. The highest BCUT2D eigenvalue weighted by Gasteiger charge is 2.23. The predicted molar refractivity (Wildman–Crippen MR) is 96.9 cm³/mol. The molecule has 0 bridgehead atoms. The van der Waals surface area contributed by atoms with Crippen molar-refractivity contribution in [2.75, 3.05) is 36.0 Å². The van der Waals surface area contributed by atoms with Gasteiger partial charge in [0, 0.05) is 44.5 Å². The van der Waals surface area contributed by atoms with Crippen molar-refractivity contribution in [3.05, 3.63) is 30.1 Å². The lowest BCUT2D eigenvalue weighted by molar-refractivity contribution is 0.639. The van der Waals surface area contributed by atoms with Crippen molar-refractivity contribution in [1.82, 2.24) is 29.7 Å². The second-order valence-corrected chi connectivity index (χ2v) is 6.29. The van der Waals surface area contributed by atoms with Crippen LogP contribution in [0.25, 0.3) is 11.0 Å². The van der Waals surface area contributed by atoms with Crippen LogP contribution in [0.1, 0.15) is 18.2 Å². The molecule has 0 atom stereocenters. The van der Waals surface area contributed by atoms with E-state index in [1.165, 1.54) is 5.56 Å². The van der Waals surface area contributed by atoms with Gasteiger partial charge in [0.05, 0.1) is 11.6 Å². The maximum Gasteiger partial charge on any atom is 0.163 e. The lowest BCUT2D eigenvalue weighted by Gasteiger charge is -2.37. The molecule has 4 heterocycles. The normalized spacial score (nSPS) is 15.2. The molecule has 1 fully saturated rings. The van der Waals surface area contributed by atoms with Crippen molar-refractivity contribution < 1.29 is 0 Å². The van der Waals surface area contributed by atoms with E-state index < -0.39 is 0 Å². The number of hydrogen-bond acceptors (Lipinski definition) is 7. The van der Waals surface area contributed by atoms with Crippen LogP contribution in [0.15, 0.2) is 18.9 Å². The molecule has 130 valence electrons. The minimum atomic E-state index is 0.868. The average Bonchev–Trinajstić information content (AvgIpc) is 3.03. The quantitative estimate of drug-likeness (QED) is 0.713. The molecule has 8 nitrogen and oxygen atoms in total. The highest BCUT2D eigenvalue weighted by atomic mass is 15.3. The summed E-state index contributed by atoms with van der Waals surface area (Å²) in [5.74, 6) is 2.04. The minimum absolute atomic E-state index is 0.868. The molecule has 1 aliphatic rings. The Morgan fingerprint density at radius 3 is 2.28 bits per heavy atom. The summed E-state index contributed by atoms with van der Waals surface area (Å²) in [6, 6.07) is 0. The Morgan fingerprint density at radius 2 is 1.56 bits per heavy atom. The van der Waals surface area contributed by atoms with Crippen LogP contribution >= 0.6 is 0 Å². The molecule has 25 heavy (non-hydrogen) atoms. The molecule has 0 saturated carbocycles. The Balaban J connectivity index is 1.57. The SMILES string of the molecule is CCc1c(C)ncnc1N1CCN(c2ncnc3c2cnn3C)CC1. The summed E-state index contributed by atoms with van der Waals surface area (Å²) in [5.41, 5.74) is 3.18. The molecular formula is C17H22N8. The lowest BCUT2D eigenvalue weighted by atomic mass is 10.1. The smallest absolute Gasteiger partial charge is 0.163 e. The molecule has 0 amide bonds. The van der Waals surface area contributed by atoms with Crippen molar-refractivity contribution in [3.8, 4) is 0 Å². The van der Waals surface area contributed by atoms with Crippen LogP contribution in [0.4, 0.5) is 11.6 Å². The zero-order valence-electron chi connectivity index (χ0n) is 14.8. The first-order valence-corrected chi connectivity index (χ1v) is 8.62. The summed E-state index contributed by atoms with van der Waals surface area (Å²) in [4.78, 5) is 22.4. The molecule has 0 radical (unpaired) electrons. The second-order valence-electron chi connectivity index (χ2n) is 6.29. The number of nitrogens with zero attached hydrogens (tertiary/aromatic N) is 8. The van der Waals surface area contributed by atoms with Gasteiger partial charge in [-0.05, 0) is 13.3 Å². The Morgan fingerprint density at radius 1 is 0.920 bits per heavy atom. The maximum absolute atomic E-state index is 4.54. The maximum atomic E-state index is 4.54. The van der Waals surface area contributed by atoms with Gasteiger partial charge in [-0.1, -0.05) is 6.92 Å². The first-order chi connectivity index (χ1) is 12.2. The summed E-state index contributed by atoms with van der Waals surface area (Å²) in [6.07, 6.45) is 6.08. The van der Waals surface area contributed by atoms with Crippen LogP contribution < -0.4 is 9.80 Å². The van der Waals surface area contributed by atoms with Crippen LogP contribution in [-0.2, 0) is 13.5 Å². The van der Waals surface area contributed by atoms with E-state index in [-0.39, 0.29) is 0 Å². The number of hydrogen-bond donors (Lipinski definition) is 0. The van der Waals surface area contributed by atoms with E-state index in [0.29, 0.717) is 0 Å². The largest absolute Gasteiger partial charge is 0.353 e. The summed E-state index contributed by atoms with van der Waals surface area (Å²) < 4.78 is 1.79. The topological polar surface area (TPSA) is 75.9 Å². The van der Waals surface area contributed by atoms with Gasteiger partial charge in [-0.25, -0.2) is 19.9 Å². The molecule has 3 aromatic heterocycles. The van der Waals surface area contributed by atoms with Crippen molar-refractivity contribution in [2.45, 2.75) is 20.3 Å². The van der Waals surface area contributed by atoms with E-state index in [1.54, 1.807) is 17.3 Å². The van der Waals surface area contributed by atoms with Gasteiger partial charge in [0.25, 0.3) is 0 Å². The van der Waals surface area contributed by atoms with Gasteiger partial charge in [0.1, 0.15) is 24.3 Å². The third kappa shape index (κ3) is 2.67. The second kappa shape index (κ2) is 6.27. The summed E-state index contributed by atoms with van der Waals surface area (Å²) in [7, 11) is 1.90. The van der Waals surface area contributed by atoms with Gasteiger partial charge in [-0.15, -0.1) is 0 Å². The van der Waals surface area contributed by atoms with E-state index in [0.717, 1.165) is 61.0 Å². The molecule has 3 aromatic rings. The average molecular weight is 338 g/mol. The fraction of sp³-hybridized carbons (Fsp3) is 0.471. The van der Waals surface area contributed by atoms with Crippen LogP contribution in [0.2, 0.25) is 0 Å². The van der Waals surface area contributed by atoms with Gasteiger partial charge in [-0.3, -0.25) is 4.68 Å². The molecule has 8 heteroatoms. The monoisotopic (exact) mass is 338 g/mol. The summed E-state index contributed by atoms with van der Waals surface area (Å²) >= 11 is 0. The van der Waals surface area contributed by atoms with E-state index in [9.17, 15) is 0 Å². The molecule has 4 rings (SSSR count). The number of aromatic nitrogens is 6. The van der Waals surface area contributed by atoms with Crippen LogP contribution in [-0.4, -0.2) is 55.9 Å². The van der Waals surface area contributed by atoms with Gasteiger partial charge in [-0.2, -0.15) is 5.10 Å². The third-order valence-corrected chi connectivity index (χ3v) is 4.88. The molecule has 0 unspecified atom stereocenters. The molecule has 0 spiro atoms. The molecule has 0 aromatic carbocycles. The molecular weight excluding hydrogens is 316 g/mol. The Kier molecular flexibility index (Phi) is 3.95. The van der Waals surface area contributed by atoms with Crippen molar-refractivity contribution in [1.29, 1.82) is 0 Å². The summed E-state index contributed by atoms with van der Waals surface area (Å²) in [5, 5.41) is 5.31. The Hall–Kier alpha value is -2.77. The predicted octanol–water partition coefficient (Wildman–Crippen LogP) is 1.35. The standard InChI is InChI=1S/C17H22N8/c1-4-13-12(2)18-10-20-16(13)24-5-7-25(8-6-24)17-14-9-22-23(3)15(14)19-11-21-17/h9-11H,4-8H2,1-3H3. The van der Waals surface area contributed by atoms with Gasteiger partial charge >= 0.3 is 0 Å².